The van der Waals surface area contributed by atoms with Crippen molar-refractivity contribution in [1.82, 2.24) is 10.6 Å². The van der Waals surface area contributed by atoms with E-state index in [1.54, 1.807) is 0 Å². The number of halogens is 2. The highest BCUT2D eigenvalue weighted by molar-refractivity contribution is 9.10. The molecule has 0 aliphatic rings. The van der Waals surface area contributed by atoms with Crippen LogP contribution in [0.15, 0.2) is 28.7 Å². The third-order valence-corrected chi connectivity index (χ3v) is 3.24. The summed E-state index contributed by atoms with van der Waals surface area (Å²) in [5.41, 5.74) is 1.19. The van der Waals surface area contributed by atoms with Gasteiger partial charge in [0.05, 0.1) is 0 Å². The summed E-state index contributed by atoms with van der Waals surface area (Å²) in [6.07, 6.45) is 1.33. The average molecular weight is 350 g/mol. The first-order chi connectivity index (χ1) is 8.61. The van der Waals surface area contributed by atoms with Gasteiger partial charge >= 0.3 is 0 Å². The Morgan fingerprint density at radius 3 is 2.53 bits per heavy atom. The molecule has 5 heteroatoms. The Bertz CT molecular complexity index is 370. The monoisotopic (exact) mass is 348 g/mol. The van der Waals surface area contributed by atoms with Gasteiger partial charge in [0, 0.05) is 23.5 Å². The van der Waals surface area contributed by atoms with Crippen LogP contribution in [0.3, 0.4) is 0 Å². The lowest BCUT2D eigenvalue weighted by atomic mass is 10.1. The number of carbonyl (C=O) groups is 1. The minimum atomic E-state index is 0. The van der Waals surface area contributed by atoms with Crippen molar-refractivity contribution < 1.29 is 4.79 Å². The van der Waals surface area contributed by atoms with E-state index in [9.17, 15) is 4.79 Å². The molecule has 1 amide bonds. The molecule has 1 aromatic rings. The molecule has 0 aromatic heterocycles. The van der Waals surface area contributed by atoms with E-state index in [4.69, 9.17) is 0 Å². The lowest BCUT2D eigenvalue weighted by Gasteiger charge is -2.13. The zero-order valence-electron chi connectivity index (χ0n) is 11.4. The molecule has 19 heavy (non-hydrogen) atoms. The van der Waals surface area contributed by atoms with E-state index >= 15 is 0 Å². The van der Waals surface area contributed by atoms with Gasteiger partial charge in [-0.25, -0.2) is 0 Å². The molecule has 1 rings (SSSR count). The number of aryl methyl sites for hydroxylation is 1. The van der Waals surface area contributed by atoms with Crippen LogP contribution >= 0.6 is 28.3 Å². The first-order valence-corrected chi connectivity index (χ1v) is 7.15. The highest BCUT2D eigenvalue weighted by atomic mass is 79.9. The highest BCUT2D eigenvalue weighted by Crippen LogP contribution is 2.11. The topological polar surface area (TPSA) is 41.1 Å². The summed E-state index contributed by atoms with van der Waals surface area (Å²) < 4.78 is 1.06. The van der Waals surface area contributed by atoms with E-state index in [-0.39, 0.29) is 18.3 Å². The van der Waals surface area contributed by atoms with Crippen molar-refractivity contribution in [3.8, 4) is 0 Å². The summed E-state index contributed by atoms with van der Waals surface area (Å²) in [5, 5.41) is 6.20. The van der Waals surface area contributed by atoms with E-state index in [2.05, 4.69) is 40.4 Å². The van der Waals surface area contributed by atoms with Crippen LogP contribution in [-0.4, -0.2) is 25.0 Å². The molecule has 0 aliphatic heterocycles. The predicted octanol–water partition coefficient (Wildman–Crippen LogP) is 2.92. The summed E-state index contributed by atoms with van der Waals surface area (Å²) in [4.78, 5) is 11.6. The van der Waals surface area contributed by atoms with Gasteiger partial charge < -0.3 is 10.6 Å². The third-order valence-electron chi connectivity index (χ3n) is 2.71. The van der Waals surface area contributed by atoms with Crippen LogP contribution < -0.4 is 10.6 Å². The standard InChI is InChI=1S/C14H21BrN2O.ClH/c1-3-16-11(2)10-17-14(18)9-6-12-4-7-13(15)8-5-12;/h4-5,7-8,11,16H,3,6,9-10H2,1-2H3,(H,17,18);1H/t11-;/m1./s1. The summed E-state index contributed by atoms with van der Waals surface area (Å²) in [7, 11) is 0. The van der Waals surface area contributed by atoms with Crippen molar-refractivity contribution in [3.05, 3.63) is 34.3 Å². The molecule has 3 nitrogen and oxygen atoms in total. The third kappa shape index (κ3) is 8.24. The van der Waals surface area contributed by atoms with Crippen LogP contribution in [0.4, 0.5) is 0 Å². The van der Waals surface area contributed by atoms with Gasteiger partial charge in [-0.3, -0.25) is 4.79 Å². The van der Waals surface area contributed by atoms with Gasteiger partial charge in [0.15, 0.2) is 0 Å². The van der Waals surface area contributed by atoms with Crippen molar-refractivity contribution in [3.63, 3.8) is 0 Å². The molecule has 0 radical (unpaired) electrons. The number of carbonyl (C=O) groups excluding carboxylic acids is 1. The average Bonchev–Trinajstić information content (AvgIpc) is 2.36. The summed E-state index contributed by atoms with van der Waals surface area (Å²) in [6, 6.07) is 8.41. The highest BCUT2D eigenvalue weighted by Gasteiger charge is 2.04. The molecule has 0 saturated carbocycles. The summed E-state index contributed by atoms with van der Waals surface area (Å²) in [5.74, 6) is 0.114. The van der Waals surface area contributed by atoms with Crippen LogP contribution in [0.25, 0.3) is 0 Å². The molecule has 1 aromatic carbocycles. The number of benzene rings is 1. The van der Waals surface area contributed by atoms with Gasteiger partial charge in [0.25, 0.3) is 0 Å². The number of amides is 1. The first-order valence-electron chi connectivity index (χ1n) is 6.36. The van der Waals surface area contributed by atoms with E-state index < -0.39 is 0 Å². The second-order valence-electron chi connectivity index (χ2n) is 4.39. The molecule has 0 fully saturated rings. The largest absolute Gasteiger partial charge is 0.355 e. The number of likely N-dealkylation sites (N-methyl/N-ethyl adjacent to an activating group) is 1. The van der Waals surface area contributed by atoms with Crippen LogP contribution in [0.1, 0.15) is 25.8 Å². The first kappa shape index (κ1) is 18.4. The van der Waals surface area contributed by atoms with Crippen LogP contribution in [0.5, 0.6) is 0 Å². The maximum Gasteiger partial charge on any atom is 0.220 e. The van der Waals surface area contributed by atoms with Crippen LogP contribution in [0.2, 0.25) is 0 Å². The molecule has 1 atom stereocenters. The molecule has 0 aliphatic carbocycles. The molecule has 0 saturated heterocycles. The van der Waals surface area contributed by atoms with Crippen LogP contribution in [0, 0.1) is 0 Å². The van der Waals surface area contributed by atoms with Gasteiger partial charge in [0.1, 0.15) is 0 Å². The van der Waals surface area contributed by atoms with Gasteiger partial charge in [-0.15, -0.1) is 12.4 Å². The van der Waals surface area contributed by atoms with E-state index in [1.807, 2.05) is 24.3 Å². The Morgan fingerprint density at radius 1 is 1.32 bits per heavy atom. The molecule has 2 N–H and O–H groups in total. The van der Waals surface area contributed by atoms with Crippen molar-refractivity contribution in [2.75, 3.05) is 13.1 Å². The van der Waals surface area contributed by atoms with Gasteiger partial charge in [-0.2, -0.15) is 0 Å². The second-order valence-corrected chi connectivity index (χ2v) is 5.30. The summed E-state index contributed by atoms with van der Waals surface area (Å²) in [6.45, 7) is 5.74. The van der Waals surface area contributed by atoms with E-state index in [0.29, 0.717) is 19.0 Å². The van der Waals surface area contributed by atoms with E-state index in [0.717, 1.165) is 17.4 Å². The van der Waals surface area contributed by atoms with Crippen molar-refractivity contribution in [2.45, 2.75) is 32.7 Å². The molecule has 0 bridgehead atoms. The molecular weight excluding hydrogens is 328 g/mol. The fourth-order valence-electron chi connectivity index (χ4n) is 1.68. The number of rotatable bonds is 7. The molecule has 0 heterocycles. The number of hydrogen-bond donors (Lipinski definition) is 2. The molecule has 108 valence electrons. The zero-order valence-corrected chi connectivity index (χ0v) is 13.8. The SMILES string of the molecule is CCN[C@H](C)CNC(=O)CCc1ccc(Br)cc1.Cl. The molecule has 0 unspecified atom stereocenters. The Balaban J connectivity index is 0.00000324. The smallest absolute Gasteiger partial charge is 0.220 e. The maximum atomic E-state index is 11.6. The predicted molar refractivity (Wildman–Crippen MR) is 85.9 cm³/mol. The Hall–Kier alpha value is -0.580. The molecule has 0 spiro atoms. The lowest BCUT2D eigenvalue weighted by Crippen LogP contribution is -2.38. The van der Waals surface area contributed by atoms with Crippen molar-refractivity contribution in [1.29, 1.82) is 0 Å². The fourth-order valence-corrected chi connectivity index (χ4v) is 1.95. The quantitative estimate of drug-likeness (QED) is 0.794. The lowest BCUT2D eigenvalue weighted by molar-refractivity contribution is -0.121. The molecular formula is C14H22BrClN2O. The number of hydrogen-bond acceptors (Lipinski definition) is 2. The normalized spacial score (nSPS) is 11.5. The second kappa shape index (κ2) is 10.2. The minimum absolute atomic E-state index is 0. The Kier molecular flexibility index (Phi) is 9.92. The zero-order chi connectivity index (χ0) is 13.4. The van der Waals surface area contributed by atoms with Gasteiger partial charge in [-0.1, -0.05) is 35.0 Å². The van der Waals surface area contributed by atoms with E-state index in [1.165, 1.54) is 5.56 Å². The number of nitrogens with one attached hydrogen (secondary N) is 2. The van der Waals surface area contributed by atoms with Crippen molar-refractivity contribution in [2.24, 2.45) is 0 Å². The Labute approximate surface area is 130 Å². The van der Waals surface area contributed by atoms with Crippen LogP contribution in [-0.2, 0) is 11.2 Å². The minimum Gasteiger partial charge on any atom is -0.355 e. The van der Waals surface area contributed by atoms with Crippen molar-refractivity contribution >= 4 is 34.2 Å². The Morgan fingerprint density at radius 2 is 1.95 bits per heavy atom. The summed E-state index contributed by atoms with van der Waals surface area (Å²) >= 11 is 3.39. The fraction of sp³-hybridized carbons (Fsp3) is 0.500. The van der Waals surface area contributed by atoms with Gasteiger partial charge in [-0.05, 0) is 37.6 Å². The van der Waals surface area contributed by atoms with Gasteiger partial charge in [0.2, 0.25) is 5.91 Å². The maximum absolute atomic E-state index is 11.6.